The maximum absolute atomic E-state index is 13.1. The molecule has 10 nitrogen and oxygen atoms in total. The Morgan fingerprint density at radius 2 is 0.833 bits per heavy atom. The number of benzene rings is 6. The highest BCUT2D eigenvalue weighted by atomic mass is 35.5. The number of pyridine rings is 2. The number of carbonyl (C=O) groups excluding carboxylic acids is 2. The fourth-order valence-electron chi connectivity index (χ4n) is 6.64. The second-order valence-electron chi connectivity index (χ2n) is 12.8. The van der Waals surface area contributed by atoms with E-state index < -0.39 is 12.2 Å². The minimum Gasteiger partial charge on any atom is -0.452 e. The molecule has 0 unspecified atom stereocenters. The van der Waals surface area contributed by atoms with Gasteiger partial charge in [-0.05, 0) is 94.7 Å². The first-order valence-corrected chi connectivity index (χ1v) is 16.7. The van der Waals surface area contributed by atoms with Gasteiger partial charge in [0.2, 0.25) is 0 Å². The van der Waals surface area contributed by atoms with Gasteiger partial charge in [-0.15, -0.1) is 24.8 Å². The number of ether oxygens (including phenoxy) is 2. The van der Waals surface area contributed by atoms with Crippen molar-refractivity contribution in [3.8, 4) is 0 Å². The summed E-state index contributed by atoms with van der Waals surface area (Å²) in [6.45, 7) is 0.564. The third-order valence-electron chi connectivity index (χ3n) is 9.30. The summed E-state index contributed by atoms with van der Waals surface area (Å²) in [6.07, 6.45) is -0.965. The molecule has 6 aromatic carbocycles. The molecule has 54 heavy (non-hydrogen) atoms. The first-order chi connectivity index (χ1) is 25.2. The molecule has 4 N–H and O–H groups in total. The highest BCUT2D eigenvalue weighted by Crippen LogP contribution is 2.30. The molecule has 0 aliphatic carbocycles. The quantitative estimate of drug-likeness (QED) is 0.126. The molecule has 2 aromatic heterocycles. The normalized spacial score (nSPS) is 10.9. The van der Waals surface area contributed by atoms with E-state index >= 15 is 0 Å². The molecule has 0 atom stereocenters. The van der Waals surface area contributed by atoms with Gasteiger partial charge in [-0.3, -0.25) is 9.80 Å². The highest BCUT2D eigenvalue weighted by Gasteiger charge is 2.20. The zero-order valence-electron chi connectivity index (χ0n) is 29.4. The Bertz CT molecular complexity index is 2540. The average Bonchev–Trinajstić information content (AvgIpc) is 3.16. The standard InChI is InChI=1S/C42H34N6O4.2ClH/c1-51-41(49)47(35-13-9-31-17-29-7-11-33(43)19-37(29)45-39(31)21-35)23-25-3-5-28-16-26(4-6-27(28)15-25)24-48(42(50)52-2)36-14-10-32-18-30-8-12-34(44)20-38(30)46-40(32)22-36;;/h3-22H,23-24,43-44H2,1-2H3;2*1H. The summed E-state index contributed by atoms with van der Waals surface area (Å²) in [5.74, 6) is 0. The summed E-state index contributed by atoms with van der Waals surface area (Å²) in [6, 6.07) is 39.0. The van der Waals surface area contributed by atoms with Crippen LogP contribution in [-0.2, 0) is 22.6 Å². The number of nitrogens with two attached hydrogens (primary N) is 2. The average molecular weight is 760 g/mol. The molecule has 0 bridgehead atoms. The molecule has 8 rings (SSSR count). The zero-order chi connectivity index (χ0) is 35.9. The van der Waals surface area contributed by atoms with E-state index in [1.54, 1.807) is 9.80 Å². The lowest BCUT2D eigenvalue weighted by molar-refractivity contribution is 0.177. The molecule has 272 valence electrons. The van der Waals surface area contributed by atoms with Gasteiger partial charge in [0.15, 0.2) is 0 Å². The number of anilines is 4. The van der Waals surface area contributed by atoms with Gasteiger partial charge in [0.25, 0.3) is 0 Å². The van der Waals surface area contributed by atoms with E-state index in [0.29, 0.717) is 22.7 Å². The molecule has 0 spiro atoms. The third kappa shape index (κ3) is 7.30. The minimum atomic E-state index is -0.482. The molecule has 2 amide bonds. The van der Waals surface area contributed by atoms with Crippen molar-refractivity contribution in [1.29, 1.82) is 0 Å². The summed E-state index contributed by atoms with van der Waals surface area (Å²) >= 11 is 0. The van der Waals surface area contributed by atoms with Crippen molar-refractivity contribution < 1.29 is 19.1 Å². The van der Waals surface area contributed by atoms with Gasteiger partial charge in [0, 0.05) is 44.3 Å². The molecule has 0 fully saturated rings. The number of nitrogens with zero attached hydrogens (tertiary/aromatic N) is 4. The van der Waals surface area contributed by atoms with Crippen LogP contribution in [0.25, 0.3) is 54.4 Å². The number of halogens is 2. The maximum atomic E-state index is 13.1. The third-order valence-corrected chi connectivity index (χ3v) is 9.30. The monoisotopic (exact) mass is 758 g/mol. The lowest BCUT2D eigenvalue weighted by Crippen LogP contribution is -2.30. The summed E-state index contributed by atoms with van der Waals surface area (Å²) in [5.41, 5.74) is 19.5. The lowest BCUT2D eigenvalue weighted by atomic mass is 10.0. The molecule has 0 saturated heterocycles. The van der Waals surface area contributed by atoms with Crippen molar-refractivity contribution in [3.63, 3.8) is 0 Å². The smallest absolute Gasteiger partial charge is 0.414 e. The number of aromatic nitrogens is 2. The van der Waals surface area contributed by atoms with Crippen LogP contribution in [0, 0.1) is 0 Å². The minimum absolute atomic E-state index is 0. The van der Waals surface area contributed by atoms with Gasteiger partial charge in [-0.25, -0.2) is 19.6 Å². The molecule has 0 radical (unpaired) electrons. The second-order valence-corrected chi connectivity index (χ2v) is 12.8. The van der Waals surface area contributed by atoms with Crippen LogP contribution in [0.1, 0.15) is 11.1 Å². The second kappa shape index (κ2) is 15.3. The largest absolute Gasteiger partial charge is 0.452 e. The summed E-state index contributed by atoms with van der Waals surface area (Å²) < 4.78 is 10.4. The number of nitrogen functional groups attached to an aromatic ring is 2. The predicted octanol–water partition coefficient (Wildman–Crippen LogP) is 9.80. The fourth-order valence-corrected chi connectivity index (χ4v) is 6.64. The first-order valence-electron chi connectivity index (χ1n) is 16.7. The van der Waals surface area contributed by atoms with Crippen LogP contribution in [0.2, 0.25) is 0 Å². The van der Waals surface area contributed by atoms with E-state index in [2.05, 4.69) is 24.3 Å². The Labute approximate surface area is 323 Å². The van der Waals surface area contributed by atoms with Crippen molar-refractivity contribution in [2.45, 2.75) is 13.1 Å². The molecule has 0 aliphatic rings. The Morgan fingerprint density at radius 3 is 1.22 bits per heavy atom. The van der Waals surface area contributed by atoms with E-state index in [4.69, 9.17) is 30.9 Å². The Balaban J connectivity index is 0.00000249. The van der Waals surface area contributed by atoms with Crippen molar-refractivity contribution >= 4 is 114 Å². The summed E-state index contributed by atoms with van der Waals surface area (Å²) in [4.78, 5) is 38.9. The van der Waals surface area contributed by atoms with Gasteiger partial charge < -0.3 is 20.9 Å². The van der Waals surface area contributed by atoms with Gasteiger partial charge >= 0.3 is 12.2 Å². The first kappa shape index (κ1) is 37.4. The maximum Gasteiger partial charge on any atom is 0.414 e. The van der Waals surface area contributed by atoms with E-state index in [9.17, 15) is 9.59 Å². The van der Waals surface area contributed by atoms with Crippen LogP contribution in [0.5, 0.6) is 0 Å². The SMILES string of the molecule is COC(=O)N(Cc1ccc2cc(CN(C(=O)OC)c3ccc4cc5ccc(N)cc5nc4c3)ccc2c1)c1ccc2cc3ccc(N)cc3nc2c1.Cl.Cl. The number of carbonyl (C=O) groups is 2. The topological polar surface area (TPSA) is 137 Å². The molecule has 8 aromatic rings. The zero-order valence-corrected chi connectivity index (χ0v) is 31.0. The molecule has 0 aliphatic heterocycles. The summed E-state index contributed by atoms with van der Waals surface area (Å²) in [7, 11) is 2.74. The highest BCUT2D eigenvalue weighted by molar-refractivity contribution is 5.99. The van der Waals surface area contributed by atoms with E-state index in [1.807, 2.05) is 97.1 Å². The van der Waals surface area contributed by atoms with E-state index in [0.717, 1.165) is 65.5 Å². The fraction of sp³-hybridized carbons (Fsp3) is 0.0952. The molecular weight excluding hydrogens is 723 g/mol. The van der Waals surface area contributed by atoms with Gasteiger partial charge in [-0.2, -0.15) is 0 Å². The number of rotatable bonds is 6. The molecule has 0 saturated carbocycles. The van der Waals surface area contributed by atoms with Crippen molar-refractivity contribution in [2.24, 2.45) is 0 Å². The Morgan fingerprint density at radius 1 is 0.481 bits per heavy atom. The Hall–Kier alpha value is -6.36. The van der Waals surface area contributed by atoms with Crippen LogP contribution in [0.3, 0.4) is 0 Å². The van der Waals surface area contributed by atoms with E-state index in [1.165, 1.54) is 14.2 Å². The number of methoxy groups -OCH3 is 2. The van der Waals surface area contributed by atoms with Gasteiger partial charge in [-0.1, -0.05) is 48.5 Å². The lowest BCUT2D eigenvalue weighted by Gasteiger charge is -2.23. The predicted molar refractivity (Wildman–Crippen MR) is 223 cm³/mol. The number of amides is 2. The van der Waals surface area contributed by atoms with Crippen LogP contribution in [-0.4, -0.2) is 36.4 Å². The Kier molecular flexibility index (Phi) is 10.6. The van der Waals surface area contributed by atoms with Crippen LogP contribution >= 0.6 is 24.8 Å². The molecular formula is C42H36Cl2N6O4. The number of hydrogen-bond acceptors (Lipinski definition) is 8. The van der Waals surface area contributed by atoms with Crippen LogP contribution in [0.15, 0.2) is 121 Å². The van der Waals surface area contributed by atoms with Crippen LogP contribution < -0.4 is 21.3 Å². The van der Waals surface area contributed by atoms with Crippen molar-refractivity contribution in [2.75, 3.05) is 35.5 Å². The molecule has 2 heterocycles. The molecule has 12 heteroatoms. The van der Waals surface area contributed by atoms with Crippen LogP contribution in [0.4, 0.5) is 32.3 Å². The van der Waals surface area contributed by atoms with Gasteiger partial charge in [0.05, 0.1) is 49.4 Å². The van der Waals surface area contributed by atoms with E-state index in [-0.39, 0.29) is 37.9 Å². The van der Waals surface area contributed by atoms with Crippen molar-refractivity contribution in [3.05, 3.63) is 132 Å². The number of fused-ring (bicyclic) bond motifs is 5. The number of hydrogen-bond donors (Lipinski definition) is 2. The summed E-state index contributed by atoms with van der Waals surface area (Å²) in [5, 5.41) is 5.86. The van der Waals surface area contributed by atoms with Gasteiger partial charge in [0.1, 0.15) is 0 Å². The van der Waals surface area contributed by atoms with Crippen molar-refractivity contribution in [1.82, 2.24) is 9.97 Å².